The number of hydrogen-bond acceptors (Lipinski definition) is 5. The van der Waals surface area contributed by atoms with Crippen molar-refractivity contribution in [2.24, 2.45) is 5.10 Å². The molecule has 0 saturated carbocycles. The van der Waals surface area contributed by atoms with Crippen molar-refractivity contribution in [2.75, 3.05) is 14.2 Å². The number of carbonyl (C=O) groups is 1. The lowest BCUT2D eigenvalue weighted by Crippen LogP contribution is -2.17. The number of nitrogens with one attached hydrogen (secondary N) is 1. The average molecular weight is 350 g/mol. The number of aromatic hydroxyl groups is 1. The first-order chi connectivity index (χ1) is 12.6. The van der Waals surface area contributed by atoms with Crippen molar-refractivity contribution in [3.8, 4) is 17.2 Å². The van der Waals surface area contributed by atoms with E-state index in [9.17, 15) is 9.90 Å². The van der Waals surface area contributed by atoms with Gasteiger partial charge < -0.3 is 14.6 Å². The maximum Gasteiger partial charge on any atom is 0.275 e. The van der Waals surface area contributed by atoms with Gasteiger partial charge in [0.1, 0.15) is 5.75 Å². The third kappa shape index (κ3) is 3.44. The second kappa shape index (κ2) is 7.57. The fourth-order valence-corrected chi connectivity index (χ4v) is 2.60. The summed E-state index contributed by atoms with van der Waals surface area (Å²) in [6, 6.07) is 15.9. The molecule has 0 aliphatic heterocycles. The topological polar surface area (TPSA) is 80.2 Å². The summed E-state index contributed by atoms with van der Waals surface area (Å²) in [5.41, 5.74) is 3.31. The summed E-state index contributed by atoms with van der Waals surface area (Å²) in [6.07, 6.45) is 1.48. The first-order valence-electron chi connectivity index (χ1n) is 7.90. The number of phenolic OH excluding ortho intramolecular Hbond substituents is 1. The first-order valence-corrected chi connectivity index (χ1v) is 7.90. The van der Waals surface area contributed by atoms with Gasteiger partial charge in [-0.2, -0.15) is 5.10 Å². The molecule has 0 fully saturated rings. The van der Waals surface area contributed by atoms with E-state index < -0.39 is 5.91 Å². The van der Waals surface area contributed by atoms with E-state index in [4.69, 9.17) is 9.47 Å². The van der Waals surface area contributed by atoms with Crippen LogP contribution < -0.4 is 14.9 Å². The molecule has 2 N–H and O–H groups in total. The zero-order valence-corrected chi connectivity index (χ0v) is 14.4. The Labute approximate surface area is 150 Å². The number of nitrogens with zero attached hydrogens (tertiary/aromatic N) is 1. The molecular weight excluding hydrogens is 332 g/mol. The lowest BCUT2D eigenvalue weighted by molar-refractivity contribution is 0.0952. The van der Waals surface area contributed by atoms with Gasteiger partial charge in [-0.05, 0) is 35.2 Å². The van der Waals surface area contributed by atoms with Crippen LogP contribution in [0.15, 0.2) is 59.7 Å². The molecule has 0 bridgehead atoms. The van der Waals surface area contributed by atoms with Gasteiger partial charge >= 0.3 is 0 Å². The van der Waals surface area contributed by atoms with Crippen LogP contribution in [0.2, 0.25) is 0 Å². The second-order valence-electron chi connectivity index (χ2n) is 5.50. The van der Waals surface area contributed by atoms with Gasteiger partial charge in [-0.1, -0.05) is 30.3 Å². The minimum atomic E-state index is -0.495. The molecule has 132 valence electrons. The number of hydrazone groups is 1. The number of phenols is 1. The molecule has 0 aromatic heterocycles. The van der Waals surface area contributed by atoms with Gasteiger partial charge in [0.15, 0.2) is 11.5 Å². The fraction of sp³-hybridized carbons (Fsp3) is 0.100. The van der Waals surface area contributed by atoms with Gasteiger partial charge in [-0.25, -0.2) is 5.43 Å². The lowest BCUT2D eigenvalue weighted by atomic mass is 10.1. The van der Waals surface area contributed by atoms with Gasteiger partial charge in [-0.15, -0.1) is 0 Å². The lowest BCUT2D eigenvalue weighted by Gasteiger charge is -2.08. The normalized spacial score (nSPS) is 10.8. The van der Waals surface area contributed by atoms with Gasteiger partial charge in [0, 0.05) is 5.39 Å². The molecule has 0 aliphatic rings. The van der Waals surface area contributed by atoms with Crippen molar-refractivity contribution in [3.63, 3.8) is 0 Å². The predicted molar refractivity (Wildman–Crippen MR) is 100 cm³/mol. The molecule has 0 heterocycles. The summed E-state index contributed by atoms with van der Waals surface area (Å²) in [6.45, 7) is 0. The van der Waals surface area contributed by atoms with Crippen LogP contribution in [-0.2, 0) is 0 Å². The van der Waals surface area contributed by atoms with E-state index in [0.29, 0.717) is 16.9 Å². The van der Waals surface area contributed by atoms with Crippen LogP contribution in [0.5, 0.6) is 17.2 Å². The van der Waals surface area contributed by atoms with Crippen LogP contribution >= 0.6 is 0 Å². The Hall–Kier alpha value is -3.54. The summed E-state index contributed by atoms with van der Waals surface area (Å²) in [7, 11) is 3.10. The van der Waals surface area contributed by atoms with Crippen LogP contribution in [0, 0.1) is 0 Å². The molecule has 0 spiro atoms. The van der Waals surface area contributed by atoms with Gasteiger partial charge in [0.05, 0.1) is 26.0 Å². The molecule has 3 aromatic rings. The van der Waals surface area contributed by atoms with Crippen LogP contribution in [0.3, 0.4) is 0 Å². The Morgan fingerprint density at radius 3 is 2.58 bits per heavy atom. The maximum absolute atomic E-state index is 12.3. The zero-order valence-electron chi connectivity index (χ0n) is 14.4. The number of benzene rings is 3. The number of methoxy groups -OCH3 is 2. The average Bonchev–Trinajstić information content (AvgIpc) is 2.68. The first kappa shape index (κ1) is 17.3. The van der Waals surface area contributed by atoms with E-state index in [2.05, 4.69) is 10.5 Å². The van der Waals surface area contributed by atoms with Gasteiger partial charge in [0.25, 0.3) is 5.91 Å². The van der Waals surface area contributed by atoms with Crippen molar-refractivity contribution >= 4 is 22.9 Å². The highest BCUT2D eigenvalue weighted by Gasteiger charge is 2.13. The molecule has 0 aliphatic carbocycles. The third-order valence-electron chi connectivity index (χ3n) is 3.93. The smallest absolute Gasteiger partial charge is 0.275 e. The molecule has 0 atom stereocenters. The van der Waals surface area contributed by atoms with E-state index in [1.54, 1.807) is 56.7 Å². The minimum Gasteiger partial charge on any atom is -0.506 e. The van der Waals surface area contributed by atoms with Gasteiger partial charge in [0.2, 0.25) is 0 Å². The highest BCUT2D eigenvalue weighted by molar-refractivity contribution is 6.03. The monoisotopic (exact) mass is 350 g/mol. The van der Waals surface area contributed by atoms with Crippen molar-refractivity contribution in [1.82, 2.24) is 5.43 Å². The van der Waals surface area contributed by atoms with E-state index in [-0.39, 0.29) is 11.3 Å². The summed E-state index contributed by atoms with van der Waals surface area (Å²) in [5, 5.41) is 15.7. The molecule has 26 heavy (non-hydrogen) atoms. The molecule has 0 unspecified atom stereocenters. The Morgan fingerprint density at radius 1 is 1.04 bits per heavy atom. The largest absolute Gasteiger partial charge is 0.506 e. The highest BCUT2D eigenvalue weighted by Crippen LogP contribution is 2.28. The Kier molecular flexibility index (Phi) is 5.03. The van der Waals surface area contributed by atoms with E-state index in [1.807, 2.05) is 12.1 Å². The van der Waals surface area contributed by atoms with Crippen molar-refractivity contribution < 1.29 is 19.4 Å². The minimum absolute atomic E-state index is 0.0677. The van der Waals surface area contributed by atoms with Crippen molar-refractivity contribution in [1.29, 1.82) is 0 Å². The van der Waals surface area contributed by atoms with Crippen LogP contribution in [0.1, 0.15) is 15.9 Å². The molecule has 3 aromatic carbocycles. The summed E-state index contributed by atoms with van der Waals surface area (Å²) >= 11 is 0. The molecular formula is C20H18N2O4. The number of rotatable bonds is 5. The zero-order chi connectivity index (χ0) is 18.5. The maximum atomic E-state index is 12.3. The van der Waals surface area contributed by atoms with Crippen LogP contribution in [0.4, 0.5) is 0 Å². The molecule has 1 amide bonds. The quantitative estimate of drug-likeness (QED) is 0.546. The number of carbonyl (C=O) groups excluding carboxylic acids is 1. The van der Waals surface area contributed by atoms with Crippen LogP contribution in [-0.4, -0.2) is 31.4 Å². The standard InChI is InChI=1S/C20H18N2O4/c1-25-17-10-7-13(11-18(17)26-2)12-21-22-20(24)16-9-8-14-5-3-4-6-15(14)19(16)23/h3-12,23H,1-2H3,(H,22,24)/b21-12+. The number of hydrogen-bond donors (Lipinski definition) is 2. The van der Waals surface area contributed by atoms with E-state index in [0.717, 1.165) is 10.9 Å². The fourth-order valence-electron chi connectivity index (χ4n) is 2.60. The highest BCUT2D eigenvalue weighted by atomic mass is 16.5. The van der Waals surface area contributed by atoms with E-state index in [1.165, 1.54) is 6.21 Å². The predicted octanol–water partition coefficient (Wildman–Crippen LogP) is 3.33. The molecule has 3 rings (SSSR count). The van der Waals surface area contributed by atoms with Crippen molar-refractivity contribution in [2.45, 2.75) is 0 Å². The Bertz CT molecular complexity index is 983. The molecule has 0 saturated heterocycles. The van der Waals surface area contributed by atoms with Crippen LogP contribution in [0.25, 0.3) is 10.8 Å². The van der Waals surface area contributed by atoms with Crippen molar-refractivity contribution in [3.05, 3.63) is 65.7 Å². The number of ether oxygens (including phenoxy) is 2. The number of amides is 1. The summed E-state index contributed by atoms with van der Waals surface area (Å²) in [4.78, 5) is 12.3. The van der Waals surface area contributed by atoms with E-state index >= 15 is 0 Å². The Balaban J connectivity index is 1.77. The summed E-state index contributed by atoms with van der Waals surface area (Å²) in [5.74, 6) is 0.608. The van der Waals surface area contributed by atoms with Gasteiger partial charge in [-0.3, -0.25) is 4.79 Å². The molecule has 6 heteroatoms. The molecule has 0 radical (unpaired) electrons. The molecule has 6 nitrogen and oxygen atoms in total. The SMILES string of the molecule is COc1ccc(/C=N/NC(=O)c2ccc3ccccc3c2O)cc1OC. The number of fused-ring (bicyclic) bond motifs is 1. The third-order valence-corrected chi connectivity index (χ3v) is 3.93. The second-order valence-corrected chi connectivity index (χ2v) is 5.50. The Morgan fingerprint density at radius 2 is 1.81 bits per heavy atom. The summed E-state index contributed by atoms with van der Waals surface area (Å²) < 4.78 is 10.4.